The summed E-state index contributed by atoms with van der Waals surface area (Å²) in [6.07, 6.45) is 0.0270. The smallest absolute Gasteiger partial charge is 0.409 e. The quantitative estimate of drug-likeness (QED) is 0.655. The van der Waals surface area contributed by atoms with Crippen LogP contribution in [0.5, 0.6) is 0 Å². The Bertz CT molecular complexity index is 240. The van der Waals surface area contributed by atoms with E-state index >= 15 is 0 Å². The number of amides is 2. The Morgan fingerprint density at radius 3 is 2.20 bits per heavy atom. The molecular formula is C9H15ClN2O3. The number of carbonyl (C=O) groups excluding carboxylic acids is 2. The van der Waals surface area contributed by atoms with Crippen LogP contribution in [0.1, 0.15) is 6.42 Å². The van der Waals surface area contributed by atoms with Gasteiger partial charge in [-0.15, -0.1) is 11.6 Å². The SMILES string of the molecule is COC(=O)N1CCN(C(=O)CCCl)CC1. The molecule has 0 bridgehead atoms. The summed E-state index contributed by atoms with van der Waals surface area (Å²) in [4.78, 5) is 25.9. The van der Waals surface area contributed by atoms with Crippen LogP contribution in [0.25, 0.3) is 0 Å². The molecule has 5 nitrogen and oxygen atoms in total. The van der Waals surface area contributed by atoms with Gasteiger partial charge in [-0.05, 0) is 0 Å². The van der Waals surface area contributed by atoms with Gasteiger partial charge in [-0.1, -0.05) is 0 Å². The predicted molar refractivity (Wildman–Crippen MR) is 55.9 cm³/mol. The number of methoxy groups -OCH3 is 1. The summed E-state index contributed by atoms with van der Waals surface area (Å²) in [5, 5.41) is 0. The number of halogens is 1. The van der Waals surface area contributed by atoms with Gasteiger partial charge < -0.3 is 14.5 Å². The van der Waals surface area contributed by atoms with Crippen molar-refractivity contribution in [3.05, 3.63) is 0 Å². The molecule has 86 valence electrons. The highest BCUT2D eigenvalue weighted by Gasteiger charge is 2.23. The molecule has 1 heterocycles. The van der Waals surface area contributed by atoms with E-state index in [0.29, 0.717) is 38.5 Å². The van der Waals surface area contributed by atoms with Crippen molar-refractivity contribution in [1.82, 2.24) is 9.80 Å². The number of piperazine rings is 1. The molecule has 1 aliphatic heterocycles. The minimum absolute atomic E-state index is 0.0505. The molecule has 1 fully saturated rings. The summed E-state index contributed by atoms with van der Waals surface area (Å²) in [7, 11) is 1.35. The van der Waals surface area contributed by atoms with Gasteiger partial charge in [-0.3, -0.25) is 4.79 Å². The number of carbonyl (C=O) groups is 2. The zero-order valence-corrected chi connectivity index (χ0v) is 9.50. The minimum Gasteiger partial charge on any atom is -0.453 e. The van der Waals surface area contributed by atoms with Gasteiger partial charge in [0.15, 0.2) is 0 Å². The predicted octanol–water partition coefficient (Wildman–Crippen LogP) is 0.526. The van der Waals surface area contributed by atoms with E-state index in [9.17, 15) is 9.59 Å². The Labute approximate surface area is 93.9 Å². The van der Waals surface area contributed by atoms with Crippen LogP contribution in [-0.4, -0.2) is 61.0 Å². The molecule has 0 aromatic heterocycles. The molecule has 15 heavy (non-hydrogen) atoms. The molecule has 6 heteroatoms. The lowest BCUT2D eigenvalue weighted by molar-refractivity contribution is -0.132. The summed E-state index contributed by atoms with van der Waals surface area (Å²) in [5.41, 5.74) is 0. The van der Waals surface area contributed by atoms with Crippen molar-refractivity contribution in [3.63, 3.8) is 0 Å². The third kappa shape index (κ3) is 3.27. The fraction of sp³-hybridized carbons (Fsp3) is 0.778. The highest BCUT2D eigenvalue weighted by molar-refractivity contribution is 6.18. The third-order valence-electron chi connectivity index (χ3n) is 2.37. The molecule has 0 aromatic carbocycles. The molecule has 0 radical (unpaired) electrons. The van der Waals surface area contributed by atoms with Gasteiger partial charge in [0, 0.05) is 38.5 Å². The fourth-order valence-corrected chi connectivity index (χ4v) is 1.67. The summed E-state index contributed by atoms with van der Waals surface area (Å²) in [6, 6.07) is 0. The molecule has 0 aliphatic carbocycles. The molecule has 1 saturated heterocycles. The standard InChI is InChI=1S/C9H15ClN2O3/c1-15-9(14)12-6-4-11(5-7-12)8(13)2-3-10/h2-7H2,1H3. The number of nitrogens with zero attached hydrogens (tertiary/aromatic N) is 2. The first-order valence-corrected chi connectivity index (χ1v) is 5.39. The highest BCUT2D eigenvalue weighted by Crippen LogP contribution is 2.05. The number of hydrogen-bond acceptors (Lipinski definition) is 3. The second-order valence-corrected chi connectivity index (χ2v) is 3.65. The van der Waals surface area contributed by atoms with E-state index in [1.807, 2.05) is 0 Å². The molecule has 0 N–H and O–H groups in total. The maximum atomic E-state index is 11.5. The van der Waals surface area contributed by atoms with Crippen molar-refractivity contribution in [3.8, 4) is 0 Å². The summed E-state index contributed by atoms with van der Waals surface area (Å²) >= 11 is 5.49. The molecule has 0 saturated carbocycles. The highest BCUT2D eigenvalue weighted by atomic mass is 35.5. The lowest BCUT2D eigenvalue weighted by Crippen LogP contribution is -2.50. The van der Waals surface area contributed by atoms with Gasteiger partial charge in [0.25, 0.3) is 0 Å². The van der Waals surface area contributed by atoms with Crippen LogP contribution >= 0.6 is 11.6 Å². The van der Waals surface area contributed by atoms with E-state index in [2.05, 4.69) is 4.74 Å². The average Bonchev–Trinajstić information content (AvgIpc) is 2.28. The van der Waals surface area contributed by atoms with E-state index in [1.54, 1.807) is 9.80 Å². The van der Waals surface area contributed by atoms with E-state index in [-0.39, 0.29) is 12.0 Å². The zero-order valence-electron chi connectivity index (χ0n) is 8.74. The molecule has 0 aromatic rings. The Morgan fingerprint density at radius 1 is 1.20 bits per heavy atom. The summed E-state index contributed by atoms with van der Waals surface area (Å²) in [6.45, 7) is 2.18. The van der Waals surface area contributed by atoms with Gasteiger partial charge >= 0.3 is 6.09 Å². The van der Waals surface area contributed by atoms with Gasteiger partial charge in [0.05, 0.1) is 7.11 Å². The number of rotatable bonds is 2. The topological polar surface area (TPSA) is 49.9 Å². The number of ether oxygens (including phenoxy) is 1. The van der Waals surface area contributed by atoms with Crippen molar-refractivity contribution in [2.75, 3.05) is 39.2 Å². The molecular weight excluding hydrogens is 220 g/mol. The average molecular weight is 235 g/mol. The van der Waals surface area contributed by atoms with E-state index in [4.69, 9.17) is 11.6 Å². The van der Waals surface area contributed by atoms with Crippen molar-refractivity contribution in [1.29, 1.82) is 0 Å². The minimum atomic E-state index is -0.334. The van der Waals surface area contributed by atoms with Crippen molar-refractivity contribution in [2.45, 2.75) is 6.42 Å². The van der Waals surface area contributed by atoms with Crippen molar-refractivity contribution >= 4 is 23.6 Å². The molecule has 1 aliphatic rings. The van der Waals surface area contributed by atoms with Crippen molar-refractivity contribution < 1.29 is 14.3 Å². The maximum absolute atomic E-state index is 11.5. The van der Waals surface area contributed by atoms with Crippen LogP contribution in [0, 0.1) is 0 Å². The van der Waals surface area contributed by atoms with E-state index in [0.717, 1.165) is 0 Å². The van der Waals surface area contributed by atoms with Crippen molar-refractivity contribution in [2.24, 2.45) is 0 Å². The van der Waals surface area contributed by atoms with Crippen LogP contribution < -0.4 is 0 Å². The Hall–Kier alpha value is -0.970. The Balaban J connectivity index is 2.35. The van der Waals surface area contributed by atoms with Gasteiger partial charge in [-0.2, -0.15) is 0 Å². The summed E-state index contributed by atoms with van der Waals surface area (Å²) < 4.78 is 4.60. The van der Waals surface area contributed by atoms with Crippen LogP contribution in [0.2, 0.25) is 0 Å². The largest absolute Gasteiger partial charge is 0.453 e. The zero-order chi connectivity index (χ0) is 11.3. The van der Waals surface area contributed by atoms with Gasteiger partial charge in [0.2, 0.25) is 5.91 Å². The second kappa shape index (κ2) is 5.80. The first-order chi connectivity index (χ1) is 7.19. The van der Waals surface area contributed by atoms with E-state index < -0.39 is 0 Å². The molecule has 0 spiro atoms. The van der Waals surface area contributed by atoms with Gasteiger partial charge in [-0.25, -0.2) is 4.79 Å². The number of hydrogen-bond donors (Lipinski definition) is 0. The summed E-state index contributed by atoms with van der Waals surface area (Å²) in [5.74, 6) is 0.394. The molecule has 0 unspecified atom stereocenters. The molecule has 2 amide bonds. The van der Waals surface area contributed by atoms with Crippen LogP contribution in [0.3, 0.4) is 0 Å². The van der Waals surface area contributed by atoms with E-state index in [1.165, 1.54) is 7.11 Å². The maximum Gasteiger partial charge on any atom is 0.409 e. The second-order valence-electron chi connectivity index (χ2n) is 3.28. The lowest BCUT2D eigenvalue weighted by atomic mass is 10.3. The van der Waals surface area contributed by atoms with Crippen LogP contribution in [0.15, 0.2) is 0 Å². The fourth-order valence-electron chi connectivity index (χ4n) is 1.51. The first kappa shape index (κ1) is 12.1. The lowest BCUT2D eigenvalue weighted by Gasteiger charge is -2.33. The Morgan fingerprint density at radius 2 is 1.73 bits per heavy atom. The molecule has 1 rings (SSSR count). The van der Waals surface area contributed by atoms with Gasteiger partial charge in [0.1, 0.15) is 0 Å². The first-order valence-electron chi connectivity index (χ1n) is 4.85. The normalized spacial score (nSPS) is 16.4. The Kier molecular flexibility index (Phi) is 4.68. The molecule has 0 atom stereocenters. The number of alkyl halides is 1. The van der Waals surface area contributed by atoms with Crippen LogP contribution in [0.4, 0.5) is 4.79 Å². The third-order valence-corrected chi connectivity index (χ3v) is 2.56. The van der Waals surface area contributed by atoms with Crippen LogP contribution in [-0.2, 0) is 9.53 Å². The monoisotopic (exact) mass is 234 g/mol.